The fourth-order valence-corrected chi connectivity index (χ4v) is 2.84. The summed E-state index contributed by atoms with van der Waals surface area (Å²) in [7, 11) is 0. The van der Waals surface area contributed by atoms with Gasteiger partial charge in [-0.25, -0.2) is 0 Å². The van der Waals surface area contributed by atoms with Gasteiger partial charge in [0.15, 0.2) is 0 Å². The monoisotopic (exact) mass is 352 g/mol. The second kappa shape index (κ2) is 8.81. The van der Waals surface area contributed by atoms with Gasteiger partial charge in [0.05, 0.1) is 6.10 Å². The first-order valence-corrected chi connectivity index (χ1v) is 7.42. The summed E-state index contributed by atoms with van der Waals surface area (Å²) >= 11 is 11.8. The Morgan fingerprint density at radius 2 is 1.95 bits per heavy atom. The van der Waals surface area contributed by atoms with Crippen molar-refractivity contribution in [3.05, 3.63) is 33.8 Å². The fourth-order valence-electron chi connectivity index (χ4n) is 2.27. The number of amides is 1. The van der Waals surface area contributed by atoms with Gasteiger partial charge in [-0.05, 0) is 43.0 Å². The Balaban J connectivity index is 0.00000220. The highest BCUT2D eigenvalue weighted by molar-refractivity contribution is 6.34. The van der Waals surface area contributed by atoms with Crippen LogP contribution in [-0.4, -0.2) is 31.2 Å². The van der Waals surface area contributed by atoms with Crippen LogP contribution in [0.3, 0.4) is 0 Å². The van der Waals surface area contributed by atoms with Gasteiger partial charge < -0.3 is 15.8 Å². The molecule has 1 amide bonds. The lowest BCUT2D eigenvalue weighted by Gasteiger charge is -2.12. The molecule has 1 heterocycles. The molecule has 1 fully saturated rings. The maximum absolute atomic E-state index is 11.9. The summed E-state index contributed by atoms with van der Waals surface area (Å²) in [6, 6.07) is 5.37. The van der Waals surface area contributed by atoms with Gasteiger partial charge in [-0.2, -0.15) is 0 Å². The molecule has 3 N–H and O–H groups in total. The summed E-state index contributed by atoms with van der Waals surface area (Å²) < 4.78 is 5.53. The Kier molecular flexibility index (Phi) is 7.77. The second-order valence-electron chi connectivity index (χ2n) is 4.88. The number of hydrogen-bond acceptors (Lipinski definition) is 3. The van der Waals surface area contributed by atoms with Crippen LogP contribution in [0.25, 0.3) is 0 Å². The van der Waals surface area contributed by atoms with Gasteiger partial charge in [0.25, 0.3) is 0 Å². The maximum atomic E-state index is 11.9. The number of benzene rings is 1. The van der Waals surface area contributed by atoms with E-state index >= 15 is 0 Å². The van der Waals surface area contributed by atoms with Gasteiger partial charge in [-0.3, -0.25) is 4.79 Å². The standard InChI is InChI=1S/C14H18Cl2N2O2.ClH/c15-10-5-9(6-11(16)7-10)3-4-18-14(19)13-2-1-12(8-17)20-13;/h5-7,12-13H,1-4,8,17H2,(H,18,19);1H/t12-,13+;/m1./s1. The third-order valence-electron chi connectivity index (χ3n) is 3.30. The molecule has 0 radical (unpaired) electrons. The van der Waals surface area contributed by atoms with Crippen LogP contribution in [-0.2, 0) is 16.0 Å². The Bertz CT molecular complexity index is 465. The molecule has 0 aromatic heterocycles. The first-order chi connectivity index (χ1) is 9.58. The van der Waals surface area contributed by atoms with Gasteiger partial charge in [0.2, 0.25) is 5.91 Å². The zero-order valence-corrected chi connectivity index (χ0v) is 13.8. The van der Waals surface area contributed by atoms with E-state index in [9.17, 15) is 4.79 Å². The maximum Gasteiger partial charge on any atom is 0.249 e. The van der Waals surface area contributed by atoms with Crippen molar-refractivity contribution in [1.29, 1.82) is 0 Å². The van der Waals surface area contributed by atoms with Crippen LogP contribution in [0.4, 0.5) is 0 Å². The largest absolute Gasteiger partial charge is 0.364 e. The molecule has 1 saturated heterocycles. The van der Waals surface area contributed by atoms with Crippen molar-refractivity contribution >= 4 is 41.5 Å². The number of ether oxygens (including phenoxy) is 1. The molecule has 1 aromatic carbocycles. The normalized spacial score (nSPS) is 20.9. The number of carbonyl (C=O) groups is 1. The zero-order chi connectivity index (χ0) is 14.5. The van der Waals surface area contributed by atoms with Crippen molar-refractivity contribution in [2.75, 3.05) is 13.1 Å². The van der Waals surface area contributed by atoms with E-state index < -0.39 is 0 Å². The first-order valence-electron chi connectivity index (χ1n) is 6.66. The SMILES string of the molecule is Cl.NC[C@H]1CC[C@@H](C(=O)NCCc2cc(Cl)cc(Cl)c2)O1. The molecular weight excluding hydrogens is 335 g/mol. The quantitative estimate of drug-likeness (QED) is 0.855. The molecule has 2 rings (SSSR count). The van der Waals surface area contributed by atoms with Crippen molar-refractivity contribution in [3.8, 4) is 0 Å². The number of nitrogens with two attached hydrogens (primary N) is 1. The molecule has 0 bridgehead atoms. The van der Waals surface area contributed by atoms with Gasteiger partial charge >= 0.3 is 0 Å². The highest BCUT2D eigenvalue weighted by atomic mass is 35.5. The Hall–Kier alpha value is -0.520. The average molecular weight is 354 g/mol. The Labute approximate surface area is 140 Å². The number of carbonyl (C=O) groups excluding carboxylic acids is 1. The Morgan fingerprint density at radius 3 is 2.52 bits per heavy atom. The minimum atomic E-state index is -0.369. The zero-order valence-electron chi connectivity index (χ0n) is 11.5. The van der Waals surface area contributed by atoms with Crippen molar-refractivity contribution < 1.29 is 9.53 Å². The molecule has 0 saturated carbocycles. The molecule has 0 unspecified atom stereocenters. The summed E-state index contributed by atoms with van der Waals surface area (Å²) in [5, 5.41) is 4.07. The lowest BCUT2D eigenvalue weighted by molar-refractivity contribution is -0.131. The smallest absolute Gasteiger partial charge is 0.249 e. The predicted molar refractivity (Wildman–Crippen MR) is 87.4 cm³/mol. The summed E-state index contributed by atoms with van der Waals surface area (Å²) in [5.74, 6) is -0.0749. The van der Waals surface area contributed by atoms with E-state index in [4.69, 9.17) is 33.7 Å². The van der Waals surface area contributed by atoms with Crippen LogP contribution in [0, 0.1) is 0 Å². The molecule has 1 aliphatic rings. The molecule has 0 spiro atoms. The van der Waals surface area contributed by atoms with Gasteiger partial charge in [-0.1, -0.05) is 23.2 Å². The third-order valence-corrected chi connectivity index (χ3v) is 3.73. The molecular formula is C14H19Cl3N2O2. The molecule has 2 atom stereocenters. The summed E-state index contributed by atoms with van der Waals surface area (Å²) in [6.07, 6.45) is 1.90. The van der Waals surface area contributed by atoms with Gasteiger partial charge in [0, 0.05) is 23.1 Å². The van der Waals surface area contributed by atoms with E-state index in [2.05, 4.69) is 5.32 Å². The highest BCUT2D eigenvalue weighted by Crippen LogP contribution is 2.20. The molecule has 7 heteroatoms. The number of rotatable bonds is 5. The average Bonchev–Trinajstić information content (AvgIpc) is 2.86. The molecule has 4 nitrogen and oxygen atoms in total. The van der Waals surface area contributed by atoms with E-state index in [1.165, 1.54) is 0 Å². The van der Waals surface area contributed by atoms with Crippen LogP contribution in [0.5, 0.6) is 0 Å². The van der Waals surface area contributed by atoms with Crippen molar-refractivity contribution in [2.45, 2.75) is 31.5 Å². The van der Waals surface area contributed by atoms with E-state index in [1.807, 2.05) is 12.1 Å². The fraction of sp³-hybridized carbons (Fsp3) is 0.500. The predicted octanol–water partition coefficient (Wildman–Crippen LogP) is 2.58. The molecule has 1 aliphatic heterocycles. The third kappa shape index (κ3) is 5.64. The van der Waals surface area contributed by atoms with E-state index in [0.717, 1.165) is 18.4 Å². The molecule has 0 aliphatic carbocycles. The summed E-state index contributed by atoms with van der Waals surface area (Å²) in [6.45, 7) is 0.994. The number of nitrogens with one attached hydrogen (secondary N) is 1. The number of hydrogen-bond donors (Lipinski definition) is 2. The van der Waals surface area contributed by atoms with E-state index in [1.54, 1.807) is 6.07 Å². The lowest BCUT2D eigenvalue weighted by Crippen LogP contribution is -2.36. The minimum absolute atomic E-state index is 0. The molecule has 1 aromatic rings. The van der Waals surface area contributed by atoms with Crippen LogP contribution in [0.2, 0.25) is 10.0 Å². The molecule has 21 heavy (non-hydrogen) atoms. The Morgan fingerprint density at radius 1 is 1.29 bits per heavy atom. The highest BCUT2D eigenvalue weighted by Gasteiger charge is 2.29. The summed E-state index contributed by atoms with van der Waals surface area (Å²) in [4.78, 5) is 11.9. The van der Waals surface area contributed by atoms with E-state index in [-0.39, 0.29) is 30.5 Å². The minimum Gasteiger partial charge on any atom is -0.364 e. The van der Waals surface area contributed by atoms with Crippen LogP contribution in [0.15, 0.2) is 18.2 Å². The number of halogens is 3. The van der Waals surface area contributed by atoms with Crippen molar-refractivity contribution in [1.82, 2.24) is 5.32 Å². The van der Waals surface area contributed by atoms with Crippen LogP contribution in [0.1, 0.15) is 18.4 Å². The van der Waals surface area contributed by atoms with Gasteiger partial charge in [-0.15, -0.1) is 12.4 Å². The van der Waals surface area contributed by atoms with E-state index in [0.29, 0.717) is 29.6 Å². The second-order valence-corrected chi connectivity index (χ2v) is 5.75. The summed E-state index contributed by atoms with van der Waals surface area (Å²) in [5.41, 5.74) is 6.51. The van der Waals surface area contributed by atoms with Crippen LogP contribution >= 0.6 is 35.6 Å². The topological polar surface area (TPSA) is 64.4 Å². The first kappa shape index (κ1) is 18.5. The van der Waals surface area contributed by atoms with Crippen molar-refractivity contribution in [2.24, 2.45) is 5.73 Å². The van der Waals surface area contributed by atoms with Gasteiger partial charge in [0.1, 0.15) is 6.10 Å². The van der Waals surface area contributed by atoms with Crippen molar-refractivity contribution in [3.63, 3.8) is 0 Å². The molecule has 118 valence electrons. The lowest BCUT2D eigenvalue weighted by atomic mass is 10.1. The van der Waals surface area contributed by atoms with Crippen LogP contribution < -0.4 is 11.1 Å².